The molecule has 0 fully saturated rings. The van der Waals surface area contributed by atoms with E-state index in [1.54, 1.807) is 0 Å². The number of hydrogen-bond donors (Lipinski definition) is 1. The standard InChI is InChI=1S/C14H16FNO3/c1-9-4-2-3-5-10(9)8-19-13-12(14(17)18)6-11(15)7-16-13/h2-3,6-7,9-10H,4-5,8H2,1H3,(H,17,18). The van der Waals surface area contributed by atoms with E-state index in [1.807, 2.05) is 0 Å². The predicted molar refractivity (Wildman–Crippen MR) is 67.7 cm³/mol. The van der Waals surface area contributed by atoms with E-state index in [4.69, 9.17) is 9.84 Å². The van der Waals surface area contributed by atoms with Crippen LogP contribution in [0.4, 0.5) is 4.39 Å². The first kappa shape index (κ1) is 13.5. The Balaban J connectivity index is 2.07. The van der Waals surface area contributed by atoms with Gasteiger partial charge in [-0.25, -0.2) is 14.2 Å². The maximum absolute atomic E-state index is 13.0. The van der Waals surface area contributed by atoms with Gasteiger partial charge in [0.25, 0.3) is 0 Å². The second-order valence-electron chi connectivity index (χ2n) is 4.80. The molecule has 102 valence electrons. The Morgan fingerprint density at radius 2 is 2.26 bits per heavy atom. The predicted octanol–water partition coefficient (Wildman–Crippen LogP) is 2.90. The molecule has 1 aromatic heterocycles. The van der Waals surface area contributed by atoms with E-state index >= 15 is 0 Å². The van der Waals surface area contributed by atoms with Gasteiger partial charge >= 0.3 is 5.97 Å². The van der Waals surface area contributed by atoms with Gasteiger partial charge in [0, 0.05) is 0 Å². The monoisotopic (exact) mass is 265 g/mol. The van der Waals surface area contributed by atoms with Crippen LogP contribution in [0.15, 0.2) is 24.4 Å². The molecule has 0 saturated heterocycles. The van der Waals surface area contributed by atoms with Crippen LogP contribution in [0.2, 0.25) is 0 Å². The molecule has 0 radical (unpaired) electrons. The molecule has 5 heteroatoms. The van der Waals surface area contributed by atoms with E-state index in [2.05, 4.69) is 24.1 Å². The molecule has 19 heavy (non-hydrogen) atoms. The van der Waals surface area contributed by atoms with Crippen molar-refractivity contribution in [2.75, 3.05) is 6.61 Å². The van der Waals surface area contributed by atoms with E-state index in [0.29, 0.717) is 18.4 Å². The highest BCUT2D eigenvalue weighted by Crippen LogP contribution is 2.26. The van der Waals surface area contributed by atoms with Crippen LogP contribution >= 0.6 is 0 Å². The van der Waals surface area contributed by atoms with Gasteiger partial charge in [-0.3, -0.25) is 0 Å². The number of rotatable bonds is 4. The lowest BCUT2D eigenvalue weighted by molar-refractivity contribution is 0.0688. The Bertz CT molecular complexity index is 501. The van der Waals surface area contributed by atoms with Gasteiger partial charge in [0.15, 0.2) is 0 Å². The number of nitrogens with zero attached hydrogens (tertiary/aromatic N) is 1. The maximum atomic E-state index is 13.0. The third-order valence-electron chi connectivity index (χ3n) is 3.40. The van der Waals surface area contributed by atoms with Crippen molar-refractivity contribution in [3.63, 3.8) is 0 Å². The summed E-state index contributed by atoms with van der Waals surface area (Å²) in [6.07, 6.45) is 7.11. The summed E-state index contributed by atoms with van der Waals surface area (Å²) in [5.41, 5.74) is -0.237. The number of carboxylic acids is 1. The highest BCUT2D eigenvalue weighted by atomic mass is 19.1. The zero-order chi connectivity index (χ0) is 13.8. The average Bonchev–Trinajstić information content (AvgIpc) is 2.38. The van der Waals surface area contributed by atoms with Gasteiger partial charge in [0.1, 0.15) is 11.4 Å². The molecular formula is C14H16FNO3. The van der Waals surface area contributed by atoms with Crippen LogP contribution in [-0.4, -0.2) is 22.7 Å². The zero-order valence-electron chi connectivity index (χ0n) is 10.7. The first-order valence-electron chi connectivity index (χ1n) is 6.24. The number of halogens is 1. The minimum Gasteiger partial charge on any atom is -0.477 e. The summed E-state index contributed by atoms with van der Waals surface area (Å²) in [5, 5.41) is 8.98. The second kappa shape index (κ2) is 5.82. The lowest BCUT2D eigenvalue weighted by atomic mass is 9.85. The van der Waals surface area contributed by atoms with Crippen LogP contribution in [0.1, 0.15) is 30.1 Å². The smallest absolute Gasteiger partial charge is 0.341 e. The van der Waals surface area contributed by atoms with Crippen LogP contribution in [0.25, 0.3) is 0 Å². The highest BCUT2D eigenvalue weighted by molar-refractivity contribution is 5.90. The number of allylic oxidation sites excluding steroid dienone is 2. The first-order valence-corrected chi connectivity index (χ1v) is 6.24. The van der Waals surface area contributed by atoms with Gasteiger partial charge in [0.2, 0.25) is 5.88 Å². The van der Waals surface area contributed by atoms with Crippen molar-refractivity contribution in [3.8, 4) is 5.88 Å². The molecule has 0 aromatic carbocycles. The van der Waals surface area contributed by atoms with Crippen LogP contribution < -0.4 is 4.74 Å². The van der Waals surface area contributed by atoms with Crippen molar-refractivity contribution in [2.45, 2.75) is 19.8 Å². The van der Waals surface area contributed by atoms with Gasteiger partial charge in [-0.2, -0.15) is 0 Å². The van der Waals surface area contributed by atoms with E-state index in [9.17, 15) is 9.18 Å². The van der Waals surface area contributed by atoms with Crippen molar-refractivity contribution < 1.29 is 19.0 Å². The Hall–Kier alpha value is -1.91. The Morgan fingerprint density at radius 1 is 1.53 bits per heavy atom. The van der Waals surface area contributed by atoms with Crippen LogP contribution in [0.5, 0.6) is 5.88 Å². The van der Waals surface area contributed by atoms with E-state index in [0.717, 1.165) is 25.1 Å². The maximum Gasteiger partial charge on any atom is 0.341 e. The largest absolute Gasteiger partial charge is 0.477 e. The summed E-state index contributed by atoms with van der Waals surface area (Å²) in [4.78, 5) is 14.7. The minimum atomic E-state index is -1.24. The quantitative estimate of drug-likeness (QED) is 0.850. The number of hydrogen-bond acceptors (Lipinski definition) is 3. The number of pyridine rings is 1. The Labute approximate surface area is 110 Å². The fourth-order valence-electron chi connectivity index (χ4n) is 2.12. The average molecular weight is 265 g/mol. The van der Waals surface area contributed by atoms with Gasteiger partial charge in [-0.15, -0.1) is 0 Å². The van der Waals surface area contributed by atoms with Gasteiger partial charge in [-0.05, 0) is 30.7 Å². The van der Waals surface area contributed by atoms with E-state index < -0.39 is 11.8 Å². The van der Waals surface area contributed by atoms with E-state index in [1.165, 1.54) is 0 Å². The van der Waals surface area contributed by atoms with Crippen LogP contribution in [0.3, 0.4) is 0 Å². The SMILES string of the molecule is CC1CC=CCC1COc1ncc(F)cc1C(=O)O. The van der Waals surface area contributed by atoms with Crippen molar-refractivity contribution in [3.05, 3.63) is 35.8 Å². The lowest BCUT2D eigenvalue weighted by Gasteiger charge is -2.25. The van der Waals surface area contributed by atoms with Crippen molar-refractivity contribution in [1.29, 1.82) is 0 Å². The third kappa shape index (κ3) is 3.30. The first-order chi connectivity index (χ1) is 9.08. The fraction of sp³-hybridized carbons (Fsp3) is 0.429. The van der Waals surface area contributed by atoms with E-state index in [-0.39, 0.29) is 11.4 Å². The molecule has 1 aromatic rings. The van der Waals surface area contributed by atoms with Crippen LogP contribution in [-0.2, 0) is 0 Å². The molecule has 2 rings (SSSR count). The molecule has 0 bridgehead atoms. The summed E-state index contributed by atoms with van der Waals surface area (Å²) in [6, 6.07) is 0.925. The van der Waals surface area contributed by atoms with Crippen LogP contribution in [0, 0.1) is 17.7 Å². The number of carboxylic acid groups (broad SMARTS) is 1. The minimum absolute atomic E-state index is 0.0179. The van der Waals surface area contributed by atoms with Gasteiger partial charge in [0.05, 0.1) is 12.8 Å². The molecule has 1 aliphatic carbocycles. The second-order valence-corrected chi connectivity index (χ2v) is 4.80. The molecule has 0 saturated carbocycles. The molecule has 1 heterocycles. The van der Waals surface area contributed by atoms with Gasteiger partial charge in [-0.1, -0.05) is 19.1 Å². The molecule has 0 spiro atoms. The number of carbonyl (C=O) groups is 1. The summed E-state index contributed by atoms with van der Waals surface area (Å²) >= 11 is 0. The van der Waals surface area contributed by atoms with Crippen molar-refractivity contribution in [2.24, 2.45) is 11.8 Å². The van der Waals surface area contributed by atoms with Crippen molar-refractivity contribution >= 4 is 5.97 Å². The van der Waals surface area contributed by atoms with Crippen molar-refractivity contribution in [1.82, 2.24) is 4.98 Å². The molecule has 0 aliphatic heterocycles. The number of aromatic nitrogens is 1. The summed E-state index contributed by atoms with van der Waals surface area (Å²) in [5.74, 6) is -1.12. The molecule has 1 aliphatic rings. The zero-order valence-corrected chi connectivity index (χ0v) is 10.7. The van der Waals surface area contributed by atoms with Gasteiger partial charge < -0.3 is 9.84 Å². The molecule has 0 amide bonds. The molecule has 4 nitrogen and oxygen atoms in total. The number of aromatic carboxylic acids is 1. The Kier molecular flexibility index (Phi) is 4.14. The highest BCUT2D eigenvalue weighted by Gasteiger charge is 2.21. The summed E-state index contributed by atoms with van der Waals surface area (Å²) in [7, 11) is 0. The molecule has 2 unspecified atom stereocenters. The molecule has 1 N–H and O–H groups in total. The summed E-state index contributed by atoms with van der Waals surface area (Å²) < 4.78 is 18.4. The Morgan fingerprint density at radius 3 is 2.95 bits per heavy atom. The lowest BCUT2D eigenvalue weighted by Crippen LogP contribution is -2.22. The number of ether oxygens (including phenoxy) is 1. The molecular weight excluding hydrogens is 249 g/mol. The third-order valence-corrected chi connectivity index (χ3v) is 3.40. The normalized spacial score (nSPS) is 22.2. The fourth-order valence-corrected chi connectivity index (χ4v) is 2.12. The summed E-state index contributed by atoms with van der Waals surface area (Å²) in [6.45, 7) is 2.53. The molecule has 2 atom stereocenters. The topological polar surface area (TPSA) is 59.4 Å².